The molecule has 8 nitrogen and oxygen atoms in total. The van der Waals surface area contributed by atoms with Crippen LogP contribution in [0, 0.1) is 10.1 Å². The summed E-state index contributed by atoms with van der Waals surface area (Å²) in [7, 11) is 1.50. The second-order valence-electron chi connectivity index (χ2n) is 6.45. The van der Waals surface area contributed by atoms with E-state index in [1.165, 1.54) is 37.6 Å². The zero-order valence-electron chi connectivity index (χ0n) is 16.7. The van der Waals surface area contributed by atoms with Crippen molar-refractivity contribution in [2.24, 2.45) is 5.10 Å². The molecule has 0 aliphatic heterocycles. The monoisotopic (exact) mass is 473 g/mol. The average molecular weight is 474 g/mol. The Morgan fingerprint density at radius 2 is 1.84 bits per heavy atom. The lowest BCUT2D eigenvalue weighted by molar-refractivity contribution is -0.384. The highest BCUT2D eigenvalue weighted by Gasteiger charge is 2.10. The number of benzene rings is 3. The van der Waals surface area contributed by atoms with Gasteiger partial charge in [0, 0.05) is 17.2 Å². The predicted octanol–water partition coefficient (Wildman–Crippen LogP) is 5.25. The molecule has 0 heterocycles. The number of nitro groups is 1. The number of carbonyl (C=O) groups is 1. The fourth-order valence-electron chi connectivity index (χ4n) is 2.66. The summed E-state index contributed by atoms with van der Waals surface area (Å²) >= 11 is 11.8. The number of halogens is 2. The van der Waals surface area contributed by atoms with Crippen molar-refractivity contribution >= 4 is 41.0 Å². The van der Waals surface area contributed by atoms with Crippen LogP contribution >= 0.6 is 23.2 Å². The van der Waals surface area contributed by atoms with Crippen LogP contribution in [0.1, 0.15) is 21.5 Å². The first kappa shape index (κ1) is 23.1. The van der Waals surface area contributed by atoms with Crippen LogP contribution in [0.4, 0.5) is 5.69 Å². The number of hydrazone groups is 1. The van der Waals surface area contributed by atoms with Crippen molar-refractivity contribution < 1.29 is 19.2 Å². The molecule has 0 aromatic heterocycles. The Kier molecular flexibility index (Phi) is 7.64. The Morgan fingerprint density at radius 3 is 2.50 bits per heavy atom. The summed E-state index contributed by atoms with van der Waals surface area (Å²) in [5.74, 6) is 0.473. The first-order chi connectivity index (χ1) is 15.4. The van der Waals surface area contributed by atoms with E-state index >= 15 is 0 Å². The molecule has 3 rings (SSSR count). The summed E-state index contributed by atoms with van der Waals surface area (Å²) in [6.07, 6.45) is 1.45. The average Bonchev–Trinajstić information content (AvgIpc) is 2.78. The summed E-state index contributed by atoms with van der Waals surface area (Å²) < 4.78 is 11.1. The first-order valence-corrected chi connectivity index (χ1v) is 9.95. The van der Waals surface area contributed by atoms with Crippen LogP contribution < -0.4 is 14.9 Å². The van der Waals surface area contributed by atoms with Gasteiger partial charge in [-0.25, -0.2) is 5.43 Å². The molecule has 10 heteroatoms. The van der Waals surface area contributed by atoms with Crippen LogP contribution in [0.3, 0.4) is 0 Å². The highest BCUT2D eigenvalue weighted by molar-refractivity contribution is 6.36. The van der Waals surface area contributed by atoms with Gasteiger partial charge in [0.2, 0.25) is 0 Å². The molecule has 0 aliphatic carbocycles. The number of nitrogens with zero attached hydrogens (tertiary/aromatic N) is 2. The molecule has 0 radical (unpaired) electrons. The fourth-order valence-corrected chi connectivity index (χ4v) is 3.15. The van der Waals surface area contributed by atoms with Crippen molar-refractivity contribution in [1.82, 2.24) is 5.43 Å². The molecule has 32 heavy (non-hydrogen) atoms. The van der Waals surface area contributed by atoms with Gasteiger partial charge in [0.05, 0.1) is 28.8 Å². The lowest BCUT2D eigenvalue weighted by Gasteiger charge is -2.11. The maximum absolute atomic E-state index is 12.2. The van der Waals surface area contributed by atoms with Crippen LogP contribution in [-0.2, 0) is 6.61 Å². The predicted molar refractivity (Wildman–Crippen MR) is 122 cm³/mol. The van der Waals surface area contributed by atoms with Crippen molar-refractivity contribution in [1.29, 1.82) is 0 Å². The van der Waals surface area contributed by atoms with Crippen LogP contribution in [-0.4, -0.2) is 24.2 Å². The van der Waals surface area contributed by atoms with E-state index in [1.807, 2.05) is 0 Å². The minimum Gasteiger partial charge on any atom is -0.493 e. The van der Waals surface area contributed by atoms with Gasteiger partial charge in [0.1, 0.15) is 6.61 Å². The van der Waals surface area contributed by atoms with Crippen LogP contribution in [0.2, 0.25) is 10.0 Å². The van der Waals surface area contributed by atoms with Gasteiger partial charge in [-0.2, -0.15) is 5.10 Å². The van der Waals surface area contributed by atoms with Gasteiger partial charge in [0.25, 0.3) is 11.6 Å². The van der Waals surface area contributed by atoms with Gasteiger partial charge in [0.15, 0.2) is 11.5 Å². The SMILES string of the molecule is COc1cc(/C=N\NC(=O)c2ccc(Cl)cc2Cl)ccc1OCc1ccc([N+](=O)[O-])cc1. The number of non-ortho nitro benzene ring substituents is 1. The third kappa shape index (κ3) is 5.96. The smallest absolute Gasteiger partial charge is 0.272 e. The molecule has 0 atom stereocenters. The fraction of sp³-hybridized carbons (Fsp3) is 0.0909. The van der Waals surface area contributed by atoms with E-state index in [-0.39, 0.29) is 22.9 Å². The molecule has 0 unspecified atom stereocenters. The number of amides is 1. The van der Waals surface area contributed by atoms with E-state index in [9.17, 15) is 14.9 Å². The van der Waals surface area contributed by atoms with E-state index in [4.69, 9.17) is 32.7 Å². The molecule has 3 aromatic rings. The summed E-state index contributed by atoms with van der Waals surface area (Å²) in [5.41, 5.74) is 4.10. The molecular formula is C22H17Cl2N3O5. The standard InChI is InChI=1S/C22H17Cl2N3O5/c1-31-21-10-15(12-25-26-22(28)18-8-5-16(23)11-19(18)24)4-9-20(21)32-13-14-2-6-17(7-3-14)27(29)30/h2-12H,13H2,1H3,(H,26,28)/b25-12-. The quantitative estimate of drug-likeness (QED) is 0.273. The van der Waals surface area contributed by atoms with E-state index in [0.29, 0.717) is 22.1 Å². The molecule has 1 amide bonds. The van der Waals surface area contributed by atoms with E-state index in [2.05, 4.69) is 10.5 Å². The Bertz CT molecular complexity index is 1170. The summed E-state index contributed by atoms with van der Waals surface area (Å²) in [4.78, 5) is 22.5. The normalized spacial score (nSPS) is 10.7. The second kappa shape index (κ2) is 10.6. The van der Waals surface area contributed by atoms with Gasteiger partial charge in [-0.05, 0) is 59.7 Å². The Morgan fingerprint density at radius 1 is 1.09 bits per heavy atom. The van der Waals surface area contributed by atoms with Gasteiger partial charge >= 0.3 is 0 Å². The van der Waals surface area contributed by atoms with Crippen molar-refractivity contribution in [3.63, 3.8) is 0 Å². The number of hydrogen-bond acceptors (Lipinski definition) is 6. The molecule has 0 spiro atoms. The minimum atomic E-state index is -0.474. The molecule has 0 bridgehead atoms. The minimum absolute atomic E-state index is 0.0143. The van der Waals surface area contributed by atoms with Crippen LogP contribution in [0.5, 0.6) is 11.5 Å². The third-order valence-electron chi connectivity index (χ3n) is 4.28. The molecular weight excluding hydrogens is 457 g/mol. The van der Waals surface area contributed by atoms with Gasteiger partial charge in [-0.15, -0.1) is 0 Å². The lowest BCUT2D eigenvalue weighted by Crippen LogP contribution is -2.18. The van der Waals surface area contributed by atoms with Crippen molar-refractivity contribution in [3.8, 4) is 11.5 Å². The van der Waals surface area contributed by atoms with Crippen molar-refractivity contribution in [2.45, 2.75) is 6.61 Å². The first-order valence-electron chi connectivity index (χ1n) is 9.20. The third-order valence-corrected chi connectivity index (χ3v) is 4.83. The number of nitrogens with one attached hydrogen (secondary N) is 1. The topological polar surface area (TPSA) is 103 Å². The number of ether oxygens (including phenoxy) is 2. The lowest BCUT2D eigenvalue weighted by atomic mass is 10.2. The zero-order chi connectivity index (χ0) is 23.1. The van der Waals surface area contributed by atoms with Crippen molar-refractivity contribution in [3.05, 3.63) is 97.5 Å². The number of methoxy groups -OCH3 is 1. The summed E-state index contributed by atoms with van der Waals surface area (Å²) in [5, 5.41) is 15.3. The Balaban J connectivity index is 1.62. The molecule has 0 saturated heterocycles. The number of rotatable bonds is 8. The molecule has 3 aromatic carbocycles. The van der Waals surface area contributed by atoms with Crippen LogP contribution in [0.25, 0.3) is 0 Å². The Hall–Kier alpha value is -3.62. The molecule has 1 N–H and O–H groups in total. The molecule has 0 fully saturated rings. The summed E-state index contributed by atoms with van der Waals surface area (Å²) in [6.45, 7) is 0.208. The van der Waals surface area contributed by atoms with Crippen molar-refractivity contribution in [2.75, 3.05) is 7.11 Å². The largest absolute Gasteiger partial charge is 0.493 e. The second-order valence-corrected chi connectivity index (χ2v) is 7.29. The number of nitro benzene ring substituents is 1. The van der Waals surface area contributed by atoms with E-state index in [0.717, 1.165) is 5.56 Å². The highest BCUT2D eigenvalue weighted by Crippen LogP contribution is 2.28. The number of carbonyl (C=O) groups excluding carboxylic acids is 1. The van der Waals surface area contributed by atoms with E-state index < -0.39 is 10.8 Å². The molecule has 164 valence electrons. The van der Waals surface area contributed by atoms with Gasteiger partial charge in [-0.1, -0.05) is 23.2 Å². The Labute approximate surface area is 193 Å². The van der Waals surface area contributed by atoms with Crippen LogP contribution in [0.15, 0.2) is 65.8 Å². The highest BCUT2D eigenvalue weighted by atomic mass is 35.5. The summed E-state index contributed by atoms with van der Waals surface area (Å²) in [6, 6.07) is 15.8. The maximum atomic E-state index is 12.2. The maximum Gasteiger partial charge on any atom is 0.272 e. The zero-order valence-corrected chi connectivity index (χ0v) is 18.3. The van der Waals surface area contributed by atoms with E-state index in [1.54, 1.807) is 36.4 Å². The number of hydrogen-bond donors (Lipinski definition) is 1. The van der Waals surface area contributed by atoms with Gasteiger partial charge < -0.3 is 9.47 Å². The van der Waals surface area contributed by atoms with Gasteiger partial charge in [-0.3, -0.25) is 14.9 Å². The molecule has 0 saturated carbocycles. The molecule has 0 aliphatic rings.